The van der Waals surface area contributed by atoms with E-state index in [-0.39, 0.29) is 11.7 Å². The van der Waals surface area contributed by atoms with E-state index in [0.717, 1.165) is 0 Å². The largest absolute Gasteiger partial charge is 0.396 e. The highest BCUT2D eigenvalue weighted by atomic mass is 16.2. The molecule has 0 saturated carbocycles. The second-order valence-electron chi connectivity index (χ2n) is 4.05. The zero-order valence-electron chi connectivity index (χ0n) is 10.9. The highest BCUT2D eigenvalue weighted by Crippen LogP contribution is 2.14. The van der Waals surface area contributed by atoms with E-state index in [1.54, 1.807) is 20.2 Å². The lowest BCUT2D eigenvalue weighted by atomic mass is 10.3. The monoisotopic (exact) mass is 266 g/mol. The Kier molecular flexibility index (Phi) is 4.92. The fourth-order valence-corrected chi connectivity index (χ4v) is 1.26. The van der Waals surface area contributed by atoms with E-state index >= 15 is 0 Å². The first-order valence-electron chi connectivity index (χ1n) is 5.67. The number of carbonyl (C=O) groups excluding carboxylic acids is 2. The van der Waals surface area contributed by atoms with Gasteiger partial charge in [-0.05, 0) is 12.1 Å². The number of urea groups is 1. The van der Waals surface area contributed by atoms with Crippen LogP contribution in [0, 0.1) is 0 Å². The molecular weight excluding hydrogens is 248 g/mol. The van der Waals surface area contributed by atoms with Gasteiger partial charge >= 0.3 is 6.03 Å². The minimum absolute atomic E-state index is 0.133. The zero-order valence-corrected chi connectivity index (χ0v) is 10.9. The predicted molar refractivity (Wildman–Crippen MR) is 72.7 cm³/mol. The van der Waals surface area contributed by atoms with Gasteiger partial charge in [0.05, 0.1) is 5.69 Å². The normalized spacial score (nSPS) is 9.79. The van der Waals surface area contributed by atoms with E-state index in [9.17, 15) is 9.59 Å². The van der Waals surface area contributed by atoms with Crippen molar-refractivity contribution in [3.05, 3.63) is 17.8 Å². The molecule has 8 heteroatoms. The molecule has 1 rings (SSSR count). The molecular formula is C11H18N6O2. The molecule has 0 aliphatic heterocycles. The van der Waals surface area contributed by atoms with Crippen LogP contribution in [0.25, 0.3) is 0 Å². The van der Waals surface area contributed by atoms with E-state index < -0.39 is 5.91 Å². The van der Waals surface area contributed by atoms with E-state index in [1.807, 2.05) is 0 Å². The van der Waals surface area contributed by atoms with E-state index in [1.165, 1.54) is 11.0 Å². The minimum Gasteiger partial charge on any atom is -0.396 e. The molecule has 0 aliphatic carbocycles. The molecule has 1 aromatic heterocycles. The second-order valence-corrected chi connectivity index (χ2v) is 4.05. The molecule has 0 radical (unpaired) electrons. The summed E-state index contributed by atoms with van der Waals surface area (Å²) < 4.78 is 0. The Hall–Kier alpha value is -2.51. The first kappa shape index (κ1) is 14.6. The third-order valence-corrected chi connectivity index (χ3v) is 2.28. The summed E-state index contributed by atoms with van der Waals surface area (Å²) in [5, 5.41) is 5.60. The summed E-state index contributed by atoms with van der Waals surface area (Å²) >= 11 is 0. The number of nitrogens with one attached hydrogen (secondary N) is 2. The van der Waals surface area contributed by atoms with E-state index in [0.29, 0.717) is 24.6 Å². The van der Waals surface area contributed by atoms with Crippen molar-refractivity contribution in [2.75, 3.05) is 38.2 Å². The molecule has 104 valence electrons. The van der Waals surface area contributed by atoms with Gasteiger partial charge in [0.25, 0.3) is 5.91 Å². The van der Waals surface area contributed by atoms with E-state index in [2.05, 4.69) is 15.6 Å². The number of hydrogen-bond acceptors (Lipinski definition) is 5. The van der Waals surface area contributed by atoms with Gasteiger partial charge in [0.2, 0.25) is 0 Å². The zero-order chi connectivity index (χ0) is 14.4. The maximum absolute atomic E-state index is 11.3. The van der Waals surface area contributed by atoms with Crippen LogP contribution >= 0.6 is 0 Å². The third kappa shape index (κ3) is 4.34. The van der Waals surface area contributed by atoms with Crippen LogP contribution in [-0.2, 0) is 0 Å². The van der Waals surface area contributed by atoms with Gasteiger partial charge in [0.1, 0.15) is 11.5 Å². The first-order valence-corrected chi connectivity index (χ1v) is 5.67. The van der Waals surface area contributed by atoms with Crippen molar-refractivity contribution in [3.63, 3.8) is 0 Å². The lowest BCUT2D eigenvalue weighted by Crippen LogP contribution is -2.37. The van der Waals surface area contributed by atoms with Crippen molar-refractivity contribution in [1.82, 2.24) is 15.2 Å². The molecule has 3 amide bonds. The molecule has 0 bridgehead atoms. The van der Waals surface area contributed by atoms with Crippen LogP contribution in [0.4, 0.5) is 16.3 Å². The van der Waals surface area contributed by atoms with Crippen molar-refractivity contribution in [2.24, 2.45) is 5.73 Å². The Morgan fingerprint density at radius 2 is 2.00 bits per heavy atom. The third-order valence-electron chi connectivity index (χ3n) is 2.28. The number of aromatic nitrogens is 1. The van der Waals surface area contributed by atoms with Gasteiger partial charge in [-0.1, -0.05) is 0 Å². The molecule has 0 saturated heterocycles. The number of hydrogen-bond donors (Lipinski definition) is 4. The summed E-state index contributed by atoms with van der Waals surface area (Å²) in [5.74, 6) is -0.251. The molecule has 0 aromatic carbocycles. The van der Waals surface area contributed by atoms with Gasteiger partial charge in [-0.3, -0.25) is 4.79 Å². The van der Waals surface area contributed by atoms with Crippen LogP contribution in [0.15, 0.2) is 12.1 Å². The van der Waals surface area contributed by atoms with Crippen molar-refractivity contribution < 1.29 is 9.59 Å². The van der Waals surface area contributed by atoms with Gasteiger partial charge in [-0.25, -0.2) is 9.78 Å². The summed E-state index contributed by atoms with van der Waals surface area (Å²) in [6.45, 7) is 0.831. The number of anilines is 2. The number of rotatable bonds is 5. The molecule has 0 atom stereocenters. The molecule has 1 aromatic rings. The second kappa shape index (κ2) is 6.43. The van der Waals surface area contributed by atoms with Gasteiger partial charge < -0.3 is 27.0 Å². The summed E-state index contributed by atoms with van der Waals surface area (Å²) in [6, 6.07) is 2.82. The molecule has 19 heavy (non-hydrogen) atoms. The summed E-state index contributed by atoms with van der Waals surface area (Å²) in [5.41, 5.74) is 11.4. The lowest BCUT2D eigenvalue weighted by Gasteiger charge is -2.13. The fourth-order valence-electron chi connectivity index (χ4n) is 1.26. The Labute approximate surface area is 111 Å². The van der Waals surface area contributed by atoms with E-state index in [4.69, 9.17) is 11.5 Å². The Balaban J connectivity index is 2.51. The fraction of sp³-hybridized carbons (Fsp3) is 0.364. The quantitative estimate of drug-likeness (QED) is 0.532. The van der Waals surface area contributed by atoms with Gasteiger partial charge in [0, 0.05) is 27.2 Å². The summed E-state index contributed by atoms with van der Waals surface area (Å²) in [4.78, 5) is 27.7. The van der Waals surface area contributed by atoms with Crippen LogP contribution in [-0.4, -0.2) is 49.0 Å². The van der Waals surface area contributed by atoms with Gasteiger partial charge in [0.15, 0.2) is 0 Å². The van der Waals surface area contributed by atoms with Crippen LogP contribution in [0.5, 0.6) is 0 Å². The van der Waals surface area contributed by atoms with Gasteiger partial charge in [-0.2, -0.15) is 0 Å². The number of carbonyl (C=O) groups is 2. The van der Waals surface area contributed by atoms with Crippen LogP contribution in [0.3, 0.4) is 0 Å². The molecule has 0 aliphatic rings. The molecule has 8 nitrogen and oxygen atoms in total. The SMILES string of the molecule is CN(C)C(=O)NCCNc1nc(C(N)=O)ccc1N. The summed E-state index contributed by atoms with van der Waals surface area (Å²) in [7, 11) is 3.30. The first-order chi connectivity index (χ1) is 8.91. The molecule has 0 unspecified atom stereocenters. The standard InChI is InChI=1S/C11H18N6O2/c1-17(2)11(19)15-6-5-14-10-7(12)3-4-8(16-10)9(13)18/h3-4H,5-6,12H2,1-2H3,(H2,13,18)(H,14,16)(H,15,19). The van der Waals surface area contributed by atoms with Crippen LogP contribution < -0.4 is 22.1 Å². The van der Waals surface area contributed by atoms with Crippen LogP contribution in [0.2, 0.25) is 0 Å². The number of pyridine rings is 1. The Morgan fingerprint density at radius 3 is 2.58 bits per heavy atom. The molecule has 6 N–H and O–H groups in total. The lowest BCUT2D eigenvalue weighted by molar-refractivity contribution is 0.0995. The maximum Gasteiger partial charge on any atom is 0.316 e. The Bertz CT molecular complexity index is 474. The smallest absolute Gasteiger partial charge is 0.316 e. The molecule has 0 fully saturated rings. The van der Waals surface area contributed by atoms with Crippen molar-refractivity contribution in [1.29, 1.82) is 0 Å². The summed E-state index contributed by atoms with van der Waals surface area (Å²) in [6.07, 6.45) is 0. The Morgan fingerprint density at radius 1 is 1.32 bits per heavy atom. The average molecular weight is 266 g/mol. The minimum atomic E-state index is -0.621. The number of nitrogens with zero attached hydrogens (tertiary/aromatic N) is 2. The molecule has 0 spiro atoms. The predicted octanol–water partition coefficient (Wildman–Crippen LogP) is -0.554. The highest BCUT2D eigenvalue weighted by Gasteiger charge is 2.07. The van der Waals surface area contributed by atoms with Crippen molar-refractivity contribution in [2.45, 2.75) is 0 Å². The molecule has 1 heterocycles. The number of amides is 3. The number of nitrogens with two attached hydrogens (primary N) is 2. The van der Waals surface area contributed by atoms with Crippen molar-refractivity contribution >= 4 is 23.4 Å². The van der Waals surface area contributed by atoms with Crippen LogP contribution in [0.1, 0.15) is 10.5 Å². The number of primary amides is 1. The van der Waals surface area contributed by atoms with Crippen molar-refractivity contribution in [3.8, 4) is 0 Å². The highest BCUT2D eigenvalue weighted by molar-refractivity contribution is 5.91. The topological polar surface area (TPSA) is 126 Å². The maximum atomic E-state index is 11.3. The number of nitrogen functional groups attached to an aromatic ring is 1. The average Bonchev–Trinajstić information content (AvgIpc) is 2.35. The van der Waals surface area contributed by atoms with Gasteiger partial charge in [-0.15, -0.1) is 0 Å².